The van der Waals surface area contributed by atoms with E-state index >= 15 is 0 Å². The van der Waals surface area contributed by atoms with Crippen molar-refractivity contribution in [2.45, 2.75) is 20.0 Å². The summed E-state index contributed by atoms with van der Waals surface area (Å²) in [4.78, 5) is 14.7. The van der Waals surface area contributed by atoms with Crippen LogP contribution in [0.25, 0.3) is 0 Å². The highest BCUT2D eigenvalue weighted by Gasteiger charge is 2.26. The summed E-state index contributed by atoms with van der Waals surface area (Å²) in [5, 5.41) is 3.20. The number of rotatable bonds is 6. The van der Waals surface area contributed by atoms with Crippen molar-refractivity contribution in [2.24, 2.45) is 5.92 Å². The van der Waals surface area contributed by atoms with E-state index in [1.807, 2.05) is 48.3 Å². The fraction of sp³-hybridized carbons (Fsp3) is 0.381. The van der Waals surface area contributed by atoms with Gasteiger partial charge in [0.15, 0.2) is 0 Å². The molecule has 0 aromatic heterocycles. The van der Waals surface area contributed by atoms with E-state index < -0.39 is 0 Å². The van der Waals surface area contributed by atoms with E-state index in [4.69, 9.17) is 4.74 Å². The van der Waals surface area contributed by atoms with Crippen LogP contribution in [0.3, 0.4) is 0 Å². The summed E-state index contributed by atoms with van der Waals surface area (Å²) >= 11 is 0. The molecule has 1 aliphatic rings. The molecule has 1 fully saturated rings. The lowest BCUT2D eigenvalue weighted by Gasteiger charge is -2.17. The summed E-state index contributed by atoms with van der Waals surface area (Å²) < 4.78 is 5.88. The highest BCUT2D eigenvalue weighted by molar-refractivity contribution is 5.94. The first-order valence-electron chi connectivity index (χ1n) is 8.88. The van der Waals surface area contributed by atoms with Gasteiger partial charge in [-0.1, -0.05) is 35.9 Å². The Kier molecular flexibility index (Phi) is 7.49. The Bertz CT molecular complexity index is 735. The van der Waals surface area contributed by atoms with Gasteiger partial charge in [-0.15, -0.1) is 12.4 Å². The molecule has 3 rings (SSSR count). The van der Waals surface area contributed by atoms with E-state index in [0.717, 1.165) is 37.4 Å². The smallest absolute Gasteiger partial charge is 0.253 e. The molecule has 1 aliphatic heterocycles. The van der Waals surface area contributed by atoms with Crippen molar-refractivity contribution >= 4 is 18.3 Å². The van der Waals surface area contributed by atoms with Crippen LogP contribution in [-0.4, -0.2) is 37.5 Å². The topological polar surface area (TPSA) is 41.6 Å². The minimum atomic E-state index is 0. The van der Waals surface area contributed by atoms with E-state index in [2.05, 4.69) is 24.4 Å². The molecule has 0 aliphatic carbocycles. The Morgan fingerprint density at radius 1 is 1.23 bits per heavy atom. The van der Waals surface area contributed by atoms with Crippen LogP contribution < -0.4 is 10.1 Å². The van der Waals surface area contributed by atoms with Crippen LogP contribution in [0.4, 0.5) is 0 Å². The summed E-state index contributed by atoms with van der Waals surface area (Å²) in [5.74, 6) is 1.38. The molecule has 26 heavy (non-hydrogen) atoms. The van der Waals surface area contributed by atoms with E-state index in [1.54, 1.807) is 0 Å². The maximum atomic E-state index is 12.7. The van der Waals surface area contributed by atoms with Gasteiger partial charge in [0, 0.05) is 18.7 Å². The highest BCUT2D eigenvalue weighted by Crippen LogP contribution is 2.21. The van der Waals surface area contributed by atoms with Gasteiger partial charge in [-0.25, -0.2) is 0 Å². The van der Waals surface area contributed by atoms with Crippen LogP contribution >= 0.6 is 12.4 Å². The molecule has 1 heterocycles. The lowest BCUT2D eigenvalue weighted by molar-refractivity contribution is 0.0786. The second-order valence-corrected chi connectivity index (χ2v) is 6.77. The van der Waals surface area contributed by atoms with Crippen LogP contribution in [0.1, 0.15) is 27.9 Å². The number of nitrogens with zero attached hydrogens (tertiary/aromatic N) is 1. The van der Waals surface area contributed by atoms with Crippen molar-refractivity contribution in [1.82, 2.24) is 10.2 Å². The van der Waals surface area contributed by atoms with Gasteiger partial charge in [0.1, 0.15) is 12.4 Å². The van der Waals surface area contributed by atoms with E-state index in [9.17, 15) is 4.79 Å². The molecule has 4 nitrogen and oxygen atoms in total. The van der Waals surface area contributed by atoms with Crippen molar-refractivity contribution in [1.29, 1.82) is 0 Å². The third-order valence-electron chi connectivity index (χ3n) is 4.63. The quantitative estimate of drug-likeness (QED) is 0.838. The number of halogens is 1. The zero-order chi connectivity index (χ0) is 17.6. The SMILES string of the molecule is CNCC1CCN(C(=O)c2cccc(OCc3cccc(C)c3)c2)C1.Cl. The second kappa shape index (κ2) is 9.60. The minimum Gasteiger partial charge on any atom is -0.489 e. The Morgan fingerprint density at radius 2 is 2.04 bits per heavy atom. The first-order chi connectivity index (χ1) is 12.2. The molecule has 1 saturated heterocycles. The molecule has 0 radical (unpaired) electrons. The predicted molar refractivity (Wildman–Crippen MR) is 107 cm³/mol. The van der Waals surface area contributed by atoms with Crippen molar-refractivity contribution in [3.8, 4) is 5.75 Å². The summed E-state index contributed by atoms with van der Waals surface area (Å²) in [6.45, 7) is 5.20. The van der Waals surface area contributed by atoms with Crippen molar-refractivity contribution in [3.05, 3.63) is 65.2 Å². The molecular weight excluding hydrogens is 348 g/mol. The van der Waals surface area contributed by atoms with Crippen LogP contribution in [0, 0.1) is 12.8 Å². The Balaban J connectivity index is 0.00000243. The molecule has 1 N–H and O–H groups in total. The summed E-state index contributed by atoms with van der Waals surface area (Å²) in [7, 11) is 1.96. The fourth-order valence-corrected chi connectivity index (χ4v) is 3.34. The predicted octanol–water partition coefficient (Wildman–Crippen LogP) is 3.68. The highest BCUT2D eigenvalue weighted by atomic mass is 35.5. The summed E-state index contributed by atoms with van der Waals surface area (Å²) in [5.41, 5.74) is 3.05. The maximum absolute atomic E-state index is 12.7. The van der Waals surface area contributed by atoms with Gasteiger partial charge >= 0.3 is 0 Å². The van der Waals surface area contributed by atoms with Gasteiger partial charge in [-0.2, -0.15) is 0 Å². The van der Waals surface area contributed by atoms with Crippen molar-refractivity contribution in [3.63, 3.8) is 0 Å². The Labute approximate surface area is 162 Å². The molecule has 2 aromatic carbocycles. The number of hydrogen-bond donors (Lipinski definition) is 1. The average Bonchev–Trinajstić information content (AvgIpc) is 3.09. The zero-order valence-corrected chi connectivity index (χ0v) is 16.2. The van der Waals surface area contributed by atoms with Crippen LogP contribution in [0.5, 0.6) is 5.75 Å². The first-order valence-corrected chi connectivity index (χ1v) is 8.88. The monoisotopic (exact) mass is 374 g/mol. The minimum absolute atomic E-state index is 0. The largest absolute Gasteiger partial charge is 0.489 e. The van der Waals surface area contributed by atoms with Gasteiger partial charge in [-0.05, 0) is 56.6 Å². The molecular formula is C21H27ClN2O2. The maximum Gasteiger partial charge on any atom is 0.253 e. The number of aryl methyl sites for hydroxylation is 1. The lowest BCUT2D eigenvalue weighted by atomic mass is 10.1. The third-order valence-corrected chi connectivity index (χ3v) is 4.63. The van der Waals surface area contributed by atoms with Gasteiger partial charge < -0.3 is 15.0 Å². The molecule has 1 amide bonds. The second-order valence-electron chi connectivity index (χ2n) is 6.77. The Morgan fingerprint density at radius 3 is 2.81 bits per heavy atom. The number of carbonyl (C=O) groups excluding carboxylic acids is 1. The lowest BCUT2D eigenvalue weighted by Crippen LogP contribution is -2.30. The number of likely N-dealkylation sites (tertiary alicyclic amines) is 1. The standard InChI is InChI=1S/C21H26N2O2.ClH/c1-16-5-3-6-17(11-16)15-25-20-8-4-7-19(12-20)21(24)23-10-9-18(14-23)13-22-2;/h3-8,11-12,18,22H,9-10,13-15H2,1-2H3;1H. The molecule has 1 unspecified atom stereocenters. The molecule has 5 heteroatoms. The van der Waals surface area contributed by atoms with Crippen LogP contribution in [0.15, 0.2) is 48.5 Å². The first kappa shape index (κ1) is 20.3. The van der Waals surface area contributed by atoms with E-state index in [1.165, 1.54) is 5.56 Å². The van der Waals surface area contributed by atoms with Gasteiger partial charge in [0.25, 0.3) is 5.91 Å². The normalized spacial score (nSPS) is 16.2. The van der Waals surface area contributed by atoms with E-state index in [0.29, 0.717) is 18.1 Å². The molecule has 140 valence electrons. The van der Waals surface area contributed by atoms with Crippen LogP contribution in [0.2, 0.25) is 0 Å². The summed E-state index contributed by atoms with van der Waals surface area (Å²) in [6, 6.07) is 15.8. The molecule has 0 spiro atoms. The number of ether oxygens (including phenoxy) is 1. The molecule has 0 bridgehead atoms. The number of hydrogen-bond acceptors (Lipinski definition) is 3. The Hall–Kier alpha value is -2.04. The van der Waals surface area contributed by atoms with Crippen molar-refractivity contribution < 1.29 is 9.53 Å². The van der Waals surface area contributed by atoms with E-state index in [-0.39, 0.29) is 18.3 Å². The number of amides is 1. The van der Waals surface area contributed by atoms with Crippen LogP contribution in [-0.2, 0) is 6.61 Å². The zero-order valence-electron chi connectivity index (χ0n) is 15.4. The molecule has 0 saturated carbocycles. The van der Waals surface area contributed by atoms with Gasteiger partial charge in [0.2, 0.25) is 0 Å². The molecule has 1 atom stereocenters. The fourth-order valence-electron chi connectivity index (χ4n) is 3.34. The summed E-state index contributed by atoms with van der Waals surface area (Å²) in [6.07, 6.45) is 1.07. The van der Waals surface area contributed by atoms with Crippen molar-refractivity contribution in [2.75, 3.05) is 26.7 Å². The van der Waals surface area contributed by atoms with Gasteiger partial charge in [0.05, 0.1) is 0 Å². The third kappa shape index (κ3) is 5.23. The number of nitrogens with one attached hydrogen (secondary N) is 1. The molecule has 2 aromatic rings. The number of carbonyl (C=O) groups is 1. The van der Waals surface area contributed by atoms with Gasteiger partial charge in [-0.3, -0.25) is 4.79 Å². The average molecular weight is 375 g/mol. The number of benzene rings is 2.